The van der Waals surface area contributed by atoms with Crippen molar-refractivity contribution in [2.24, 2.45) is 11.8 Å². The van der Waals surface area contributed by atoms with E-state index < -0.39 is 17.6 Å². The number of aliphatic hydroxyl groups is 1. The van der Waals surface area contributed by atoms with Gasteiger partial charge in [0.2, 0.25) is 0 Å². The minimum Gasteiger partial charge on any atom is -0.469 e. The lowest BCUT2D eigenvalue weighted by Crippen LogP contribution is -2.33. The van der Waals surface area contributed by atoms with Crippen LogP contribution in [0.3, 0.4) is 0 Å². The van der Waals surface area contributed by atoms with Crippen molar-refractivity contribution in [1.82, 2.24) is 0 Å². The number of carbonyl (C=O) groups is 1. The summed E-state index contributed by atoms with van der Waals surface area (Å²) in [4.78, 5) is 11.7. The predicted octanol–water partition coefficient (Wildman–Crippen LogP) is 0.229. The van der Waals surface area contributed by atoms with Gasteiger partial charge in [0.15, 0.2) is 5.60 Å². The van der Waals surface area contributed by atoms with E-state index in [4.69, 9.17) is 9.47 Å². The molecule has 0 aromatic rings. The molecule has 2 rings (SSSR count). The predicted molar refractivity (Wildman–Crippen MR) is 53.1 cm³/mol. The minimum atomic E-state index is -0.883. The Labute approximate surface area is 94.0 Å². The molecule has 1 saturated carbocycles. The van der Waals surface area contributed by atoms with Gasteiger partial charge < -0.3 is 14.6 Å². The van der Waals surface area contributed by atoms with Crippen molar-refractivity contribution < 1.29 is 19.4 Å². The molecule has 1 aliphatic carbocycles. The van der Waals surface area contributed by atoms with Crippen molar-refractivity contribution in [2.45, 2.75) is 31.0 Å². The highest BCUT2D eigenvalue weighted by Crippen LogP contribution is 2.50. The molecule has 0 amide bonds. The van der Waals surface area contributed by atoms with Gasteiger partial charge in [0, 0.05) is 5.92 Å². The summed E-state index contributed by atoms with van der Waals surface area (Å²) in [6.45, 7) is -0.250. The van der Waals surface area contributed by atoms with Gasteiger partial charge in [-0.2, -0.15) is 5.26 Å². The van der Waals surface area contributed by atoms with Crippen LogP contribution in [-0.2, 0) is 14.3 Å². The number of nitriles is 1. The van der Waals surface area contributed by atoms with Gasteiger partial charge in [0.25, 0.3) is 0 Å². The Hall–Kier alpha value is -1.12. The molecular formula is C11H15NO4. The van der Waals surface area contributed by atoms with Crippen LogP contribution in [0.1, 0.15) is 19.3 Å². The molecular weight excluding hydrogens is 210 g/mol. The molecule has 1 heterocycles. The van der Waals surface area contributed by atoms with Crippen LogP contribution < -0.4 is 0 Å². The first kappa shape index (κ1) is 11.4. The molecule has 16 heavy (non-hydrogen) atoms. The smallest absolute Gasteiger partial charge is 0.311 e. The normalized spacial score (nSPS) is 41.4. The van der Waals surface area contributed by atoms with Gasteiger partial charge >= 0.3 is 5.97 Å². The fraction of sp³-hybridized carbons (Fsp3) is 0.818. The Kier molecular flexibility index (Phi) is 2.87. The van der Waals surface area contributed by atoms with Crippen molar-refractivity contribution in [3.63, 3.8) is 0 Å². The maximum absolute atomic E-state index is 11.7. The monoisotopic (exact) mass is 225 g/mol. The fourth-order valence-corrected chi connectivity index (χ4v) is 2.99. The summed E-state index contributed by atoms with van der Waals surface area (Å²) in [5, 5.41) is 18.4. The van der Waals surface area contributed by atoms with E-state index >= 15 is 0 Å². The van der Waals surface area contributed by atoms with Gasteiger partial charge in [0.1, 0.15) is 0 Å². The number of fused-ring (bicyclic) bond motifs is 1. The Morgan fingerprint density at radius 3 is 3.06 bits per heavy atom. The van der Waals surface area contributed by atoms with Crippen LogP contribution in [0.5, 0.6) is 0 Å². The summed E-state index contributed by atoms with van der Waals surface area (Å²) >= 11 is 0. The second-order valence-corrected chi connectivity index (χ2v) is 4.39. The van der Waals surface area contributed by atoms with Crippen LogP contribution in [0.4, 0.5) is 0 Å². The molecule has 1 N–H and O–H groups in total. The van der Waals surface area contributed by atoms with E-state index in [1.165, 1.54) is 7.11 Å². The highest BCUT2D eigenvalue weighted by Gasteiger charge is 2.60. The van der Waals surface area contributed by atoms with Crippen molar-refractivity contribution >= 4 is 5.97 Å². The third-order valence-corrected chi connectivity index (χ3v) is 3.70. The maximum atomic E-state index is 11.7. The SMILES string of the molecule is COC(=O)[C@H]1C2CCC[C@]2(C#N)O[C@@H]1CO. The van der Waals surface area contributed by atoms with Crippen molar-refractivity contribution in [2.75, 3.05) is 13.7 Å². The molecule has 1 unspecified atom stereocenters. The summed E-state index contributed by atoms with van der Waals surface area (Å²) in [5.41, 5.74) is -0.883. The molecule has 0 bridgehead atoms. The van der Waals surface area contributed by atoms with Crippen LogP contribution in [-0.4, -0.2) is 36.5 Å². The number of hydrogen-bond donors (Lipinski definition) is 1. The summed E-state index contributed by atoms with van der Waals surface area (Å²) in [6.07, 6.45) is 1.70. The van der Waals surface area contributed by atoms with Crippen LogP contribution >= 0.6 is 0 Å². The Balaban J connectivity index is 2.30. The molecule has 0 aromatic carbocycles. The zero-order valence-electron chi connectivity index (χ0n) is 9.18. The number of esters is 1. The number of carbonyl (C=O) groups excluding carboxylic acids is 1. The average molecular weight is 225 g/mol. The second-order valence-electron chi connectivity index (χ2n) is 4.39. The van der Waals surface area contributed by atoms with Gasteiger partial charge in [-0.25, -0.2) is 0 Å². The first-order valence-corrected chi connectivity index (χ1v) is 5.46. The van der Waals surface area contributed by atoms with Gasteiger partial charge in [0.05, 0.1) is 31.8 Å². The third kappa shape index (κ3) is 1.41. The van der Waals surface area contributed by atoms with E-state index in [2.05, 4.69) is 6.07 Å². The number of methoxy groups -OCH3 is 1. The third-order valence-electron chi connectivity index (χ3n) is 3.70. The van der Waals surface area contributed by atoms with Gasteiger partial charge in [-0.05, 0) is 19.3 Å². The molecule has 0 aromatic heterocycles. The molecule has 5 nitrogen and oxygen atoms in total. The van der Waals surface area contributed by atoms with E-state index in [0.29, 0.717) is 6.42 Å². The minimum absolute atomic E-state index is 0.137. The molecule has 2 aliphatic rings. The van der Waals surface area contributed by atoms with Crippen molar-refractivity contribution in [3.05, 3.63) is 0 Å². The number of ether oxygens (including phenoxy) is 2. The standard InChI is InChI=1S/C11H15NO4/c1-15-10(14)9-7-3-2-4-11(7,6-12)16-8(9)5-13/h7-9,13H,2-5H2,1H3/t7?,8-,9+,11-/m1/s1. The molecule has 1 saturated heterocycles. The number of rotatable bonds is 2. The van der Waals surface area contributed by atoms with E-state index in [1.807, 2.05) is 0 Å². The number of aliphatic hydroxyl groups excluding tert-OH is 1. The van der Waals surface area contributed by atoms with Crippen LogP contribution in [0.25, 0.3) is 0 Å². The average Bonchev–Trinajstić information content (AvgIpc) is 2.83. The second kappa shape index (κ2) is 4.04. The molecule has 5 heteroatoms. The zero-order valence-corrected chi connectivity index (χ0v) is 9.18. The fourth-order valence-electron chi connectivity index (χ4n) is 2.99. The van der Waals surface area contributed by atoms with Crippen molar-refractivity contribution in [3.8, 4) is 6.07 Å². The first-order valence-electron chi connectivity index (χ1n) is 5.46. The summed E-state index contributed by atoms with van der Waals surface area (Å²) in [5.74, 6) is -1.03. The Bertz CT molecular complexity index is 337. The molecule has 1 aliphatic heterocycles. The molecule has 2 fully saturated rings. The summed E-state index contributed by atoms with van der Waals surface area (Å²) < 4.78 is 10.3. The zero-order chi connectivity index (χ0) is 11.8. The summed E-state index contributed by atoms with van der Waals surface area (Å²) in [6, 6.07) is 2.17. The number of hydrogen-bond acceptors (Lipinski definition) is 5. The van der Waals surface area contributed by atoms with E-state index in [-0.39, 0.29) is 18.5 Å². The van der Waals surface area contributed by atoms with Gasteiger partial charge in [-0.3, -0.25) is 4.79 Å². The lowest BCUT2D eigenvalue weighted by Gasteiger charge is -2.20. The van der Waals surface area contributed by atoms with Crippen LogP contribution in [0.2, 0.25) is 0 Å². The van der Waals surface area contributed by atoms with Crippen LogP contribution in [0.15, 0.2) is 0 Å². The first-order chi connectivity index (χ1) is 7.68. The quantitative estimate of drug-likeness (QED) is 0.680. The lowest BCUT2D eigenvalue weighted by molar-refractivity contribution is -0.149. The van der Waals surface area contributed by atoms with Crippen molar-refractivity contribution in [1.29, 1.82) is 5.26 Å². The summed E-state index contributed by atoms with van der Waals surface area (Å²) in [7, 11) is 1.32. The van der Waals surface area contributed by atoms with Crippen LogP contribution in [0, 0.1) is 23.2 Å². The van der Waals surface area contributed by atoms with E-state index in [9.17, 15) is 15.2 Å². The highest BCUT2D eigenvalue weighted by atomic mass is 16.5. The maximum Gasteiger partial charge on any atom is 0.311 e. The molecule has 4 atom stereocenters. The molecule has 88 valence electrons. The Morgan fingerprint density at radius 2 is 2.50 bits per heavy atom. The highest BCUT2D eigenvalue weighted by molar-refractivity contribution is 5.74. The van der Waals surface area contributed by atoms with E-state index in [1.54, 1.807) is 0 Å². The van der Waals surface area contributed by atoms with E-state index in [0.717, 1.165) is 12.8 Å². The number of nitrogens with zero attached hydrogens (tertiary/aromatic N) is 1. The largest absolute Gasteiger partial charge is 0.469 e. The van der Waals surface area contributed by atoms with Gasteiger partial charge in [-0.1, -0.05) is 0 Å². The van der Waals surface area contributed by atoms with Gasteiger partial charge in [-0.15, -0.1) is 0 Å². The topological polar surface area (TPSA) is 79.6 Å². The Morgan fingerprint density at radius 1 is 1.75 bits per heavy atom. The molecule has 0 spiro atoms. The lowest BCUT2D eigenvalue weighted by atomic mass is 9.82. The molecule has 0 radical (unpaired) electrons.